The summed E-state index contributed by atoms with van der Waals surface area (Å²) in [6, 6.07) is 5.98. The lowest BCUT2D eigenvalue weighted by molar-refractivity contribution is 0.112. The van der Waals surface area contributed by atoms with Crippen LogP contribution in [0.1, 0.15) is 36.2 Å². The number of hydrogen-bond acceptors (Lipinski definition) is 2. The first-order valence-corrected chi connectivity index (χ1v) is 5.81. The van der Waals surface area contributed by atoms with Crippen molar-refractivity contribution in [2.75, 3.05) is 18.5 Å². The fourth-order valence-corrected chi connectivity index (χ4v) is 1.61. The lowest BCUT2D eigenvalue weighted by Gasteiger charge is -2.21. The van der Waals surface area contributed by atoms with Gasteiger partial charge >= 0.3 is 0 Å². The van der Waals surface area contributed by atoms with Crippen molar-refractivity contribution in [2.24, 2.45) is 5.92 Å². The van der Waals surface area contributed by atoms with E-state index in [4.69, 9.17) is 0 Å². The molecule has 0 radical (unpaired) electrons. The van der Waals surface area contributed by atoms with Gasteiger partial charge in [0.1, 0.15) is 6.29 Å². The van der Waals surface area contributed by atoms with Gasteiger partial charge in [-0.15, -0.1) is 0 Å². The standard InChI is InChI=1S/C14H21NO/c1-11(2)7-8-15(4)14-6-5-13(10-16)12(3)9-14/h5-6,9-11H,7-8H2,1-4H3. The predicted molar refractivity (Wildman–Crippen MR) is 69.3 cm³/mol. The fraction of sp³-hybridized carbons (Fsp3) is 0.500. The maximum Gasteiger partial charge on any atom is 0.150 e. The molecule has 0 heterocycles. The summed E-state index contributed by atoms with van der Waals surface area (Å²) in [5.41, 5.74) is 3.01. The van der Waals surface area contributed by atoms with Gasteiger partial charge in [-0.2, -0.15) is 0 Å². The van der Waals surface area contributed by atoms with Gasteiger partial charge in [-0.1, -0.05) is 13.8 Å². The molecule has 0 amide bonds. The van der Waals surface area contributed by atoms with E-state index < -0.39 is 0 Å². The van der Waals surface area contributed by atoms with Crippen LogP contribution in [-0.4, -0.2) is 19.9 Å². The number of nitrogens with zero attached hydrogens (tertiary/aromatic N) is 1. The number of aryl methyl sites for hydroxylation is 1. The van der Waals surface area contributed by atoms with Gasteiger partial charge in [-0.3, -0.25) is 4.79 Å². The van der Waals surface area contributed by atoms with Crippen LogP contribution < -0.4 is 4.90 Å². The number of carbonyl (C=O) groups is 1. The largest absolute Gasteiger partial charge is 0.375 e. The van der Waals surface area contributed by atoms with E-state index in [2.05, 4.69) is 31.9 Å². The zero-order valence-electron chi connectivity index (χ0n) is 10.7. The van der Waals surface area contributed by atoms with Crippen molar-refractivity contribution in [3.63, 3.8) is 0 Å². The van der Waals surface area contributed by atoms with Crippen LogP contribution in [0.5, 0.6) is 0 Å². The summed E-state index contributed by atoms with van der Waals surface area (Å²) in [6.07, 6.45) is 2.10. The first-order valence-electron chi connectivity index (χ1n) is 5.81. The normalized spacial score (nSPS) is 10.6. The Morgan fingerprint density at radius 2 is 2.06 bits per heavy atom. The summed E-state index contributed by atoms with van der Waals surface area (Å²) < 4.78 is 0. The van der Waals surface area contributed by atoms with Crippen LogP contribution >= 0.6 is 0 Å². The minimum Gasteiger partial charge on any atom is -0.375 e. The minimum absolute atomic E-state index is 0.720. The van der Waals surface area contributed by atoms with Crippen LogP contribution in [0.2, 0.25) is 0 Å². The summed E-state index contributed by atoms with van der Waals surface area (Å²) in [5.74, 6) is 0.720. The average molecular weight is 219 g/mol. The van der Waals surface area contributed by atoms with Gasteiger partial charge in [0, 0.05) is 24.8 Å². The predicted octanol–water partition coefficient (Wildman–Crippen LogP) is 3.29. The Hall–Kier alpha value is -1.31. The Balaban J connectivity index is 2.72. The molecular formula is C14H21NO. The van der Waals surface area contributed by atoms with Crippen molar-refractivity contribution < 1.29 is 4.79 Å². The third kappa shape index (κ3) is 3.37. The zero-order valence-corrected chi connectivity index (χ0v) is 10.7. The quantitative estimate of drug-likeness (QED) is 0.708. The molecule has 0 aliphatic carbocycles. The summed E-state index contributed by atoms with van der Waals surface area (Å²) in [5, 5.41) is 0. The second-order valence-electron chi connectivity index (χ2n) is 4.76. The van der Waals surface area contributed by atoms with Crippen LogP contribution in [0.3, 0.4) is 0 Å². The molecule has 0 bridgehead atoms. The molecular weight excluding hydrogens is 198 g/mol. The van der Waals surface area contributed by atoms with Crippen LogP contribution in [0.15, 0.2) is 18.2 Å². The molecule has 0 fully saturated rings. The fourth-order valence-electron chi connectivity index (χ4n) is 1.61. The smallest absolute Gasteiger partial charge is 0.150 e. The summed E-state index contributed by atoms with van der Waals surface area (Å²) in [4.78, 5) is 12.9. The van der Waals surface area contributed by atoms with E-state index in [1.54, 1.807) is 0 Å². The van der Waals surface area contributed by atoms with Crippen LogP contribution in [0.4, 0.5) is 5.69 Å². The highest BCUT2D eigenvalue weighted by atomic mass is 16.1. The summed E-state index contributed by atoms with van der Waals surface area (Å²) in [6.45, 7) is 7.49. The molecule has 2 nitrogen and oxygen atoms in total. The molecule has 0 aromatic heterocycles. The molecule has 0 aliphatic rings. The van der Waals surface area contributed by atoms with E-state index in [9.17, 15) is 4.79 Å². The molecule has 1 aromatic carbocycles. The lowest BCUT2D eigenvalue weighted by atomic mass is 10.1. The first-order chi connectivity index (χ1) is 7.54. The Bertz CT molecular complexity index is 358. The van der Waals surface area contributed by atoms with Gasteiger partial charge in [0.05, 0.1) is 0 Å². The topological polar surface area (TPSA) is 20.3 Å². The molecule has 0 spiro atoms. The summed E-state index contributed by atoms with van der Waals surface area (Å²) in [7, 11) is 2.09. The van der Waals surface area contributed by atoms with Crippen molar-refractivity contribution in [2.45, 2.75) is 27.2 Å². The van der Waals surface area contributed by atoms with E-state index in [1.807, 2.05) is 19.1 Å². The second kappa shape index (κ2) is 5.69. The van der Waals surface area contributed by atoms with Gasteiger partial charge in [0.15, 0.2) is 0 Å². The molecule has 16 heavy (non-hydrogen) atoms. The van der Waals surface area contributed by atoms with E-state index in [0.29, 0.717) is 0 Å². The van der Waals surface area contributed by atoms with Gasteiger partial charge < -0.3 is 4.90 Å². The number of anilines is 1. The SMILES string of the molecule is Cc1cc(N(C)CCC(C)C)ccc1C=O. The van der Waals surface area contributed by atoms with Crippen molar-refractivity contribution in [1.82, 2.24) is 0 Å². The van der Waals surface area contributed by atoms with Crippen LogP contribution in [-0.2, 0) is 0 Å². The van der Waals surface area contributed by atoms with Crippen molar-refractivity contribution in [1.29, 1.82) is 0 Å². The van der Waals surface area contributed by atoms with Gasteiger partial charge in [-0.25, -0.2) is 0 Å². The number of carbonyl (C=O) groups excluding carboxylic acids is 1. The average Bonchev–Trinajstić information content (AvgIpc) is 2.25. The Labute approximate surface area is 98.3 Å². The van der Waals surface area contributed by atoms with Crippen molar-refractivity contribution in [3.05, 3.63) is 29.3 Å². The number of aldehydes is 1. The third-order valence-corrected chi connectivity index (χ3v) is 2.86. The van der Waals surface area contributed by atoms with Crippen LogP contribution in [0.25, 0.3) is 0 Å². The minimum atomic E-state index is 0.720. The van der Waals surface area contributed by atoms with E-state index in [1.165, 1.54) is 12.1 Å². The third-order valence-electron chi connectivity index (χ3n) is 2.86. The molecule has 88 valence electrons. The molecule has 0 N–H and O–H groups in total. The Morgan fingerprint density at radius 3 is 2.56 bits per heavy atom. The zero-order chi connectivity index (χ0) is 12.1. The summed E-state index contributed by atoms with van der Waals surface area (Å²) >= 11 is 0. The highest BCUT2D eigenvalue weighted by Crippen LogP contribution is 2.18. The van der Waals surface area contributed by atoms with Gasteiger partial charge in [0.2, 0.25) is 0 Å². The highest BCUT2D eigenvalue weighted by Gasteiger charge is 2.04. The molecule has 2 heteroatoms. The maximum atomic E-state index is 10.7. The second-order valence-corrected chi connectivity index (χ2v) is 4.76. The lowest BCUT2D eigenvalue weighted by Crippen LogP contribution is -2.19. The molecule has 1 rings (SSSR count). The maximum absolute atomic E-state index is 10.7. The van der Waals surface area contributed by atoms with E-state index >= 15 is 0 Å². The molecule has 0 atom stereocenters. The molecule has 0 saturated carbocycles. The Morgan fingerprint density at radius 1 is 1.38 bits per heavy atom. The van der Waals surface area contributed by atoms with E-state index in [0.717, 1.165) is 29.9 Å². The van der Waals surface area contributed by atoms with Gasteiger partial charge in [-0.05, 0) is 43.0 Å². The molecule has 0 saturated heterocycles. The molecule has 1 aromatic rings. The number of hydrogen-bond donors (Lipinski definition) is 0. The Kier molecular flexibility index (Phi) is 4.53. The number of benzene rings is 1. The van der Waals surface area contributed by atoms with Crippen LogP contribution in [0, 0.1) is 12.8 Å². The highest BCUT2D eigenvalue weighted by molar-refractivity contribution is 5.78. The molecule has 0 aliphatic heterocycles. The van der Waals surface area contributed by atoms with Crippen molar-refractivity contribution in [3.8, 4) is 0 Å². The molecule has 0 unspecified atom stereocenters. The van der Waals surface area contributed by atoms with E-state index in [-0.39, 0.29) is 0 Å². The monoisotopic (exact) mass is 219 g/mol. The first kappa shape index (κ1) is 12.8. The van der Waals surface area contributed by atoms with Gasteiger partial charge in [0.25, 0.3) is 0 Å². The number of rotatable bonds is 5. The van der Waals surface area contributed by atoms with Crippen molar-refractivity contribution >= 4 is 12.0 Å².